The van der Waals surface area contributed by atoms with E-state index >= 15 is 0 Å². The van der Waals surface area contributed by atoms with Crippen LogP contribution in [0.2, 0.25) is 0 Å². The number of nitrogens with zero attached hydrogens (tertiary/aromatic N) is 5. The molecule has 1 aliphatic heterocycles. The molecule has 0 aliphatic carbocycles. The van der Waals surface area contributed by atoms with Crippen molar-refractivity contribution in [3.63, 3.8) is 0 Å². The molecule has 1 saturated heterocycles. The molecular weight excluding hydrogens is 316 g/mol. The molecule has 0 unspecified atom stereocenters. The number of rotatable bonds is 6. The van der Waals surface area contributed by atoms with E-state index in [0.29, 0.717) is 6.54 Å². The zero-order chi connectivity index (χ0) is 17.8. The number of carbonyl (C=O) groups excluding carboxylic acids is 1. The number of aromatic nitrogens is 4. The Balaban J connectivity index is 1.73. The van der Waals surface area contributed by atoms with Crippen LogP contribution in [0.15, 0.2) is 18.5 Å². The van der Waals surface area contributed by atoms with Crippen LogP contribution < -0.4 is 5.32 Å². The molecule has 1 N–H and O–H groups in total. The molecule has 3 heterocycles. The second kappa shape index (κ2) is 7.74. The maximum atomic E-state index is 11.1. The normalized spacial score (nSPS) is 17.8. The standard InChI is InChI=1S/C18H26N6O/c1-4-24-12-15(13(2)22-24)11-23-9-5-6-17(23)18-19-8-7-16(21-18)10-20-14(3)25/h7-8,12,17H,4-6,9-11H2,1-3H3,(H,20,25)/t17-/m1/s1. The Bertz CT molecular complexity index is 741. The summed E-state index contributed by atoms with van der Waals surface area (Å²) in [5.41, 5.74) is 3.21. The van der Waals surface area contributed by atoms with Gasteiger partial charge in [0, 0.05) is 38.0 Å². The molecule has 2 aromatic rings. The van der Waals surface area contributed by atoms with E-state index in [1.54, 1.807) is 6.20 Å². The van der Waals surface area contributed by atoms with E-state index in [1.807, 2.05) is 10.7 Å². The van der Waals surface area contributed by atoms with Crippen molar-refractivity contribution >= 4 is 5.91 Å². The summed E-state index contributed by atoms with van der Waals surface area (Å²) in [6.07, 6.45) is 6.13. The minimum atomic E-state index is -0.0499. The second-order valence-corrected chi connectivity index (χ2v) is 6.54. The van der Waals surface area contributed by atoms with Gasteiger partial charge in [-0.15, -0.1) is 0 Å². The molecule has 7 nitrogen and oxygen atoms in total. The molecular formula is C18H26N6O. The van der Waals surface area contributed by atoms with E-state index < -0.39 is 0 Å². The fourth-order valence-electron chi connectivity index (χ4n) is 3.29. The van der Waals surface area contributed by atoms with Crippen molar-refractivity contribution < 1.29 is 4.79 Å². The first-order valence-corrected chi connectivity index (χ1v) is 8.90. The van der Waals surface area contributed by atoms with Gasteiger partial charge in [-0.05, 0) is 39.3 Å². The van der Waals surface area contributed by atoms with Crippen LogP contribution in [0.3, 0.4) is 0 Å². The smallest absolute Gasteiger partial charge is 0.217 e. The molecule has 2 aromatic heterocycles. The summed E-state index contributed by atoms with van der Waals surface area (Å²) in [5, 5.41) is 7.34. The van der Waals surface area contributed by atoms with Crippen LogP contribution in [0.5, 0.6) is 0 Å². The quantitative estimate of drug-likeness (QED) is 0.869. The first-order valence-electron chi connectivity index (χ1n) is 8.90. The van der Waals surface area contributed by atoms with E-state index in [0.717, 1.165) is 49.7 Å². The summed E-state index contributed by atoms with van der Waals surface area (Å²) >= 11 is 0. The third-order valence-electron chi connectivity index (χ3n) is 4.66. The lowest BCUT2D eigenvalue weighted by molar-refractivity contribution is -0.119. The lowest BCUT2D eigenvalue weighted by Gasteiger charge is -2.23. The first-order chi connectivity index (χ1) is 12.1. The average Bonchev–Trinajstić information content (AvgIpc) is 3.20. The van der Waals surface area contributed by atoms with Crippen molar-refractivity contribution in [2.45, 2.75) is 59.3 Å². The van der Waals surface area contributed by atoms with E-state index in [2.05, 4.69) is 45.3 Å². The molecule has 0 radical (unpaired) electrons. The molecule has 25 heavy (non-hydrogen) atoms. The third-order valence-corrected chi connectivity index (χ3v) is 4.66. The Labute approximate surface area is 148 Å². The van der Waals surface area contributed by atoms with Crippen molar-refractivity contribution in [3.05, 3.63) is 41.2 Å². The van der Waals surface area contributed by atoms with Gasteiger partial charge in [0.25, 0.3) is 0 Å². The van der Waals surface area contributed by atoms with E-state index in [9.17, 15) is 4.79 Å². The minimum absolute atomic E-state index is 0.0499. The van der Waals surface area contributed by atoms with Gasteiger partial charge in [-0.25, -0.2) is 9.97 Å². The fourth-order valence-corrected chi connectivity index (χ4v) is 3.29. The number of aryl methyl sites for hydroxylation is 2. The maximum Gasteiger partial charge on any atom is 0.217 e. The van der Waals surface area contributed by atoms with Gasteiger partial charge in [0.1, 0.15) is 5.82 Å². The molecule has 1 fully saturated rings. The number of hydrogen-bond donors (Lipinski definition) is 1. The molecule has 1 amide bonds. The number of hydrogen-bond acceptors (Lipinski definition) is 5. The summed E-state index contributed by atoms with van der Waals surface area (Å²) in [6, 6.07) is 2.08. The van der Waals surface area contributed by atoms with Gasteiger partial charge in [-0.1, -0.05) is 0 Å². The molecule has 7 heteroatoms. The highest BCUT2D eigenvalue weighted by molar-refractivity contribution is 5.72. The lowest BCUT2D eigenvalue weighted by Crippen LogP contribution is -2.25. The second-order valence-electron chi connectivity index (χ2n) is 6.54. The number of likely N-dealkylation sites (tertiary alicyclic amines) is 1. The highest BCUT2D eigenvalue weighted by Gasteiger charge is 2.29. The summed E-state index contributed by atoms with van der Waals surface area (Å²) in [5.74, 6) is 0.798. The molecule has 1 atom stereocenters. The van der Waals surface area contributed by atoms with Gasteiger partial charge in [0.05, 0.1) is 24.0 Å². The summed E-state index contributed by atoms with van der Waals surface area (Å²) in [4.78, 5) is 22.7. The molecule has 3 rings (SSSR count). The van der Waals surface area contributed by atoms with Crippen molar-refractivity contribution in [2.75, 3.05) is 6.54 Å². The van der Waals surface area contributed by atoms with Gasteiger partial charge in [-0.2, -0.15) is 5.10 Å². The zero-order valence-electron chi connectivity index (χ0n) is 15.2. The van der Waals surface area contributed by atoms with Crippen LogP contribution >= 0.6 is 0 Å². The molecule has 134 valence electrons. The lowest BCUT2D eigenvalue weighted by atomic mass is 10.2. The van der Waals surface area contributed by atoms with Gasteiger partial charge in [-0.3, -0.25) is 14.4 Å². The van der Waals surface area contributed by atoms with Crippen LogP contribution in [0.25, 0.3) is 0 Å². The van der Waals surface area contributed by atoms with Gasteiger partial charge >= 0.3 is 0 Å². The predicted molar refractivity (Wildman–Crippen MR) is 94.6 cm³/mol. The SMILES string of the molecule is CCn1cc(CN2CCC[C@@H]2c2nccc(CNC(C)=O)n2)c(C)n1. The van der Waals surface area contributed by atoms with Crippen LogP contribution in [0.1, 0.15) is 55.5 Å². The molecule has 0 bridgehead atoms. The monoisotopic (exact) mass is 342 g/mol. The largest absolute Gasteiger partial charge is 0.351 e. The highest BCUT2D eigenvalue weighted by atomic mass is 16.1. The topological polar surface area (TPSA) is 75.9 Å². The van der Waals surface area contributed by atoms with E-state index in [1.165, 1.54) is 12.5 Å². The third kappa shape index (κ3) is 4.22. The van der Waals surface area contributed by atoms with Crippen molar-refractivity contribution in [3.8, 4) is 0 Å². The first kappa shape index (κ1) is 17.5. The minimum Gasteiger partial charge on any atom is -0.351 e. The molecule has 0 aromatic carbocycles. The predicted octanol–water partition coefficient (Wildman–Crippen LogP) is 1.97. The molecule has 0 spiro atoms. The summed E-state index contributed by atoms with van der Waals surface area (Å²) in [6.45, 7) is 8.93. The number of amides is 1. The summed E-state index contributed by atoms with van der Waals surface area (Å²) < 4.78 is 1.99. The van der Waals surface area contributed by atoms with Crippen molar-refractivity contribution in [2.24, 2.45) is 0 Å². The Morgan fingerprint density at radius 2 is 2.28 bits per heavy atom. The number of nitrogens with one attached hydrogen (secondary N) is 1. The van der Waals surface area contributed by atoms with Crippen LogP contribution in [-0.2, 0) is 24.4 Å². The van der Waals surface area contributed by atoms with E-state index in [-0.39, 0.29) is 11.9 Å². The number of carbonyl (C=O) groups is 1. The Morgan fingerprint density at radius 3 is 3.00 bits per heavy atom. The fraction of sp³-hybridized carbons (Fsp3) is 0.556. The van der Waals surface area contributed by atoms with E-state index in [4.69, 9.17) is 0 Å². The van der Waals surface area contributed by atoms with Crippen molar-refractivity contribution in [1.82, 2.24) is 30.0 Å². The van der Waals surface area contributed by atoms with Crippen LogP contribution in [0.4, 0.5) is 0 Å². The van der Waals surface area contributed by atoms with Gasteiger partial charge in [0.2, 0.25) is 5.91 Å². The highest BCUT2D eigenvalue weighted by Crippen LogP contribution is 2.31. The van der Waals surface area contributed by atoms with Crippen LogP contribution in [0, 0.1) is 6.92 Å². The summed E-state index contributed by atoms with van der Waals surface area (Å²) in [7, 11) is 0. The van der Waals surface area contributed by atoms with Gasteiger partial charge in [0.15, 0.2) is 0 Å². The van der Waals surface area contributed by atoms with Crippen LogP contribution in [-0.4, -0.2) is 37.1 Å². The average molecular weight is 342 g/mol. The Hall–Kier alpha value is -2.28. The van der Waals surface area contributed by atoms with Crippen molar-refractivity contribution in [1.29, 1.82) is 0 Å². The Kier molecular flexibility index (Phi) is 5.43. The molecule has 1 aliphatic rings. The maximum absolute atomic E-state index is 11.1. The zero-order valence-corrected chi connectivity index (χ0v) is 15.2. The van der Waals surface area contributed by atoms with Gasteiger partial charge < -0.3 is 5.32 Å². The molecule has 0 saturated carbocycles. The Morgan fingerprint density at radius 1 is 1.44 bits per heavy atom.